The zero-order valence-electron chi connectivity index (χ0n) is 25.3. The van der Waals surface area contributed by atoms with Crippen LogP contribution >= 0.6 is 0 Å². The molecule has 0 heterocycles. The summed E-state index contributed by atoms with van der Waals surface area (Å²) in [5.74, 6) is 0.535. The zero-order valence-corrected chi connectivity index (χ0v) is 25.3. The quantitative estimate of drug-likeness (QED) is 0.193. The minimum absolute atomic E-state index is 0.0595. The molecule has 0 aliphatic carbocycles. The first-order valence-corrected chi connectivity index (χ1v) is 14.4. The second-order valence-corrected chi connectivity index (χ2v) is 12.8. The maximum Gasteiger partial charge on any atom is 0.128 e. The number of phenols is 2. The topological polar surface area (TPSA) is 58.9 Å². The summed E-state index contributed by atoms with van der Waals surface area (Å²) in [5, 5.41) is 22.2. The molecule has 4 nitrogen and oxygen atoms in total. The molecule has 4 heteroatoms. The number of phenolic OH excluding ortho intramolecular Hbond substituents is 2. The predicted molar refractivity (Wildman–Crippen MR) is 168 cm³/mol. The fourth-order valence-electron chi connectivity index (χ4n) is 4.78. The number of rotatable bonds is 10. The number of ether oxygens (including phenoxy) is 2. The first-order chi connectivity index (χ1) is 19.4. The second-order valence-electron chi connectivity index (χ2n) is 12.8. The lowest BCUT2D eigenvalue weighted by Crippen LogP contribution is -2.12. The summed E-state index contributed by atoms with van der Waals surface area (Å²) >= 11 is 0. The van der Waals surface area contributed by atoms with Gasteiger partial charge in [-0.1, -0.05) is 102 Å². The van der Waals surface area contributed by atoms with Crippen molar-refractivity contribution in [3.8, 4) is 33.8 Å². The van der Waals surface area contributed by atoms with Crippen LogP contribution in [-0.2, 0) is 33.5 Å². The largest absolute Gasteiger partial charge is 0.507 e. The van der Waals surface area contributed by atoms with Crippen LogP contribution in [0.15, 0.2) is 84.9 Å². The summed E-state index contributed by atoms with van der Waals surface area (Å²) in [5.41, 5.74) is 7.39. The van der Waals surface area contributed by atoms with E-state index in [0.717, 1.165) is 44.5 Å². The number of benzene rings is 4. The van der Waals surface area contributed by atoms with Gasteiger partial charge in [0.25, 0.3) is 0 Å². The van der Waals surface area contributed by atoms with Crippen molar-refractivity contribution in [2.45, 2.75) is 72.0 Å². The lowest BCUT2D eigenvalue weighted by Gasteiger charge is -2.23. The van der Waals surface area contributed by atoms with Crippen LogP contribution in [0.2, 0.25) is 0 Å². The lowest BCUT2D eigenvalue weighted by atomic mass is 9.84. The van der Waals surface area contributed by atoms with Crippen molar-refractivity contribution in [1.29, 1.82) is 0 Å². The highest BCUT2D eigenvalue weighted by molar-refractivity contribution is 5.74. The Labute approximate surface area is 245 Å². The van der Waals surface area contributed by atoms with Gasteiger partial charge in [-0.15, -0.1) is 0 Å². The third-order valence-electron chi connectivity index (χ3n) is 7.37. The van der Waals surface area contributed by atoms with E-state index in [1.807, 2.05) is 72.8 Å². The summed E-state index contributed by atoms with van der Waals surface area (Å²) in [4.78, 5) is 0. The molecular formula is C37H44O4. The molecule has 4 aromatic rings. The van der Waals surface area contributed by atoms with Gasteiger partial charge in [-0.3, -0.25) is 0 Å². The Morgan fingerprint density at radius 3 is 1.24 bits per heavy atom. The maximum atomic E-state index is 11.1. The van der Waals surface area contributed by atoms with Crippen molar-refractivity contribution in [2.24, 2.45) is 0 Å². The Bertz CT molecular complexity index is 1320. The molecule has 0 amide bonds. The molecule has 4 aromatic carbocycles. The third-order valence-corrected chi connectivity index (χ3v) is 7.37. The van der Waals surface area contributed by atoms with Crippen LogP contribution in [0.5, 0.6) is 11.5 Å². The summed E-state index contributed by atoms with van der Waals surface area (Å²) in [6.45, 7) is 14.7. The fourth-order valence-corrected chi connectivity index (χ4v) is 4.78. The highest BCUT2D eigenvalue weighted by Crippen LogP contribution is 2.39. The molecule has 0 aliphatic heterocycles. The van der Waals surface area contributed by atoms with Crippen molar-refractivity contribution in [3.63, 3.8) is 0 Å². The van der Waals surface area contributed by atoms with Crippen LogP contribution in [0.25, 0.3) is 22.3 Å². The Morgan fingerprint density at radius 2 is 0.902 bits per heavy atom. The average Bonchev–Trinajstić information content (AvgIpc) is 2.93. The van der Waals surface area contributed by atoms with E-state index in [9.17, 15) is 10.2 Å². The van der Waals surface area contributed by atoms with Gasteiger partial charge in [-0.25, -0.2) is 0 Å². The summed E-state index contributed by atoms with van der Waals surface area (Å²) < 4.78 is 12.0. The minimum Gasteiger partial charge on any atom is -0.507 e. The lowest BCUT2D eigenvalue weighted by molar-refractivity contribution is 0.0683. The molecule has 0 saturated carbocycles. The first kappa shape index (κ1) is 30.4. The van der Waals surface area contributed by atoms with Crippen LogP contribution in [0.4, 0.5) is 0 Å². The van der Waals surface area contributed by atoms with Crippen LogP contribution in [0, 0.1) is 0 Å². The van der Waals surface area contributed by atoms with E-state index in [-0.39, 0.29) is 22.3 Å². The van der Waals surface area contributed by atoms with Crippen molar-refractivity contribution in [2.75, 3.05) is 13.2 Å². The molecular weight excluding hydrogens is 508 g/mol. The van der Waals surface area contributed by atoms with E-state index < -0.39 is 0 Å². The summed E-state index contributed by atoms with van der Waals surface area (Å²) in [6, 6.07) is 28.2. The minimum atomic E-state index is -0.0595. The van der Waals surface area contributed by atoms with E-state index in [1.165, 1.54) is 0 Å². The molecule has 216 valence electrons. The summed E-state index contributed by atoms with van der Waals surface area (Å²) in [7, 11) is 0. The Morgan fingerprint density at radius 1 is 0.537 bits per heavy atom. The van der Waals surface area contributed by atoms with Crippen LogP contribution < -0.4 is 0 Å². The second kappa shape index (κ2) is 12.9. The SMILES string of the molecule is CC(C)(C)c1cc(COCCCOCc2cc(C(C)(C)C)cc(-c3ccccc3)c2O)c(O)c(-c2ccccc2)c1. The molecule has 0 fully saturated rings. The van der Waals surface area contributed by atoms with Gasteiger partial charge in [-0.05, 0) is 63.8 Å². The van der Waals surface area contributed by atoms with Crippen molar-refractivity contribution >= 4 is 0 Å². The van der Waals surface area contributed by atoms with Gasteiger partial charge in [0.15, 0.2) is 0 Å². The van der Waals surface area contributed by atoms with Crippen LogP contribution in [-0.4, -0.2) is 23.4 Å². The number of hydrogen-bond acceptors (Lipinski definition) is 4. The number of hydrogen-bond donors (Lipinski definition) is 2. The van der Waals surface area contributed by atoms with Gasteiger partial charge in [0, 0.05) is 35.5 Å². The zero-order chi connectivity index (χ0) is 29.6. The van der Waals surface area contributed by atoms with E-state index in [2.05, 4.69) is 53.7 Å². The summed E-state index contributed by atoms with van der Waals surface area (Å²) in [6.07, 6.45) is 0.705. The van der Waals surface area contributed by atoms with Gasteiger partial charge in [0.2, 0.25) is 0 Å². The molecule has 0 unspecified atom stereocenters. The van der Waals surface area contributed by atoms with E-state index >= 15 is 0 Å². The molecule has 0 aromatic heterocycles. The molecule has 0 aliphatic rings. The molecule has 0 bridgehead atoms. The molecule has 41 heavy (non-hydrogen) atoms. The molecule has 4 rings (SSSR count). The highest BCUT2D eigenvalue weighted by atomic mass is 16.5. The third kappa shape index (κ3) is 7.78. The maximum absolute atomic E-state index is 11.1. The smallest absolute Gasteiger partial charge is 0.128 e. The van der Waals surface area contributed by atoms with Gasteiger partial charge in [0.1, 0.15) is 11.5 Å². The normalized spacial score (nSPS) is 12.0. The fraction of sp³-hybridized carbons (Fsp3) is 0.351. The van der Waals surface area contributed by atoms with Gasteiger partial charge < -0.3 is 19.7 Å². The van der Waals surface area contributed by atoms with Crippen molar-refractivity contribution in [1.82, 2.24) is 0 Å². The molecule has 0 spiro atoms. The standard InChI is InChI=1S/C37H44O4/c1-36(2,3)30-20-28(34(38)32(22-30)26-14-9-7-10-15-26)24-40-18-13-19-41-25-29-21-31(37(4,5)6)23-33(35(29)39)27-16-11-8-12-17-27/h7-12,14-17,20-23,38-39H,13,18-19,24-25H2,1-6H3. The van der Waals surface area contributed by atoms with E-state index in [4.69, 9.17) is 9.47 Å². The van der Waals surface area contributed by atoms with Gasteiger partial charge >= 0.3 is 0 Å². The van der Waals surface area contributed by atoms with Crippen molar-refractivity contribution < 1.29 is 19.7 Å². The van der Waals surface area contributed by atoms with Gasteiger partial charge in [0.05, 0.1) is 13.2 Å². The van der Waals surface area contributed by atoms with E-state index in [1.54, 1.807) is 0 Å². The molecule has 0 saturated heterocycles. The first-order valence-electron chi connectivity index (χ1n) is 14.4. The molecule has 0 atom stereocenters. The average molecular weight is 553 g/mol. The Balaban J connectivity index is 1.37. The van der Waals surface area contributed by atoms with E-state index in [0.29, 0.717) is 32.8 Å². The van der Waals surface area contributed by atoms with Crippen LogP contribution in [0.3, 0.4) is 0 Å². The molecule has 2 N–H and O–H groups in total. The predicted octanol–water partition coefficient (Wildman–Crippen LogP) is 9.15. The van der Waals surface area contributed by atoms with Gasteiger partial charge in [-0.2, -0.15) is 0 Å². The Kier molecular flexibility index (Phi) is 9.57. The molecule has 0 radical (unpaired) electrons. The van der Waals surface area contributed by atoms with Crippen molar-refractivity contribution in [3.05, 3.63) is 107 Å². The Hall–Kier alpha value is -3.60. The highest BCUT2D eigenvalue weighted by Gasteiger charge is 2.21. The number of aromatic hydroxyl groups is 2. The monoisotopic (exact) mass is 552 g/mol. The van der Waals surface area contributed by atoms with Crippen LogP contribution in [0.1, 0.15) is 70.2 Å².